The average Bonchev–Trinajstić information content (AvgIpc) is 2.89. The number of carbonyl (C=O) groups is 1. The molecule has 3 aromatic rings. The second kappa shape index (κ2) is 5.48. The van der Waals surface area contributed by atoms with Crippen molar-refractivity contribution < 1.29 is 14.3 Å². The highest BCUT2D eigenvalue weighted by atomic mass is 16.5. The Balaban J connectivity index is 2.13. The van der Waals surface area contributed by atoms with Crippen LogP contribution in [0, 0.1) is 6.92 Å². The van der Waals surface area contributed by atoms with E-state index < -0.39 is 5.97 Å². The summed E-state index contributed by atoms with van der Waals surface area (Å²) in [6.45, 7) is 1.89. The Morgan fingerprint density at radius 2 is 1.91 bits per heavy atom. The number of imidazole rings is 1. The number of aromatic nitrogens is 3. The normalized spacial score (nSPS) is 10.7. The lowest BCUT2D eigenvalue weighted by Crippen LogP contribution is -2.02. The van der Waals surface area contributed by atoms with Crippen LogP contribution in [0.1, 0.15) is 16.2 Å². The molecule has 6 nitrogen and oxygen atoms in total. The van der Waals surface area contributed by atoms with E-state index in [0.717, 1.165) is 17.3 Å². The van der Waals surface area contributed by atoms with E-state index in [4.69, 9.17) is 9.47 Å². The fourth-order valence-corrected chi connectivity index (χ4v) is 2.35. The summed E-state index contributed by atoms with van der Waals surface area (Å²) < 4.78 is 11.8. The van der Waals surface area contributed by atoms with Gasteiger partial charge in [0.25, 0.3) is 0 Å². The van der Waals surface area contributed by atoms with Crippen LogP contribution in [0.3, 0.4) is 0 Å². The first-order valence-corrected chi connectivity index (χ1v) is 6.72. The topological polar surface area (TPSA) is 66.2 Å². The van der Waals surface area contributed by atoms with Gasteiger partial charge in [-0.15, -0.1) is 0 Å². The number of ether oxygens (including phenoxy) is 2. The highest BCUT2D eigenvalue weighted by molar-refractivity contribution is 5.92. The Hall–Kier alpha value is -2.89. The number of methoxy groups -OCH3 is 2. The maximum atomic E-state index is 11.6. The van der Waals surface area contributed by atoms with E-state index in [1.54, 1.807) is 13.2 Å². The summed E-state index contributed by atoms with van der Waals surface area (Å²) in [7, 11) is 2.97. The number of nitrogens with zero attached hydrogens (tertiary/aromatic N) is 3. The molecule has 6 heteroatoms. The van der Waals surface area contributed by atoms with Crippen molar-refractivity contribution in [2.45, 2.75) is 6.92 Å². The molecule has 0 aliphatic heterocycles. The number of rotatable bonds is 3. The van der Waals surface area contributed by atoms with Crippen LogP contribution in [0.5, 0.6) is 5.75 Å². The number of esters is 1. The largest absolute Gasteiger partial charge is 0.497 e. The van der Waals surface area contributed by atoms with Gasteiger partial charge in [0.05, 0.1) is 19.8 Å². The highest BCUT2D eigenvalue weighted by Gasteiger charge is 2.14. The van der Waals surface area contributed by atoms with E-state index in [2.05, 4.69) is 9.97 Å². The third kappa shape index (κ3) is 2.28. The molecule has 0 N–H and O–H groups in total. The predicted molar refractivity (Wildman–Crippen MR) is 81.5 cm³/mol. The van der Waals surface area contributed by atoms with Crippen molar-refractivity contribution >= 4 is 17.1 Å². The van der Waals surface area contributed by atoms with E-state index in [-0.39, 0.29) is 0 Å². The van der Waals surface area contributed by atoms with Gasteiger partial charge in [0, 0.05) is 11.9 Å². The Morgan fingerprint density at radius 1 is 1.18 bits per heavy atom. The van der Waals surface area contributed by atoms with Crippen molar-refractivity contribution in [2.24, 2.45) is 0 Å². The van der Waals surface area contributed by atoms with E-state index >= 15 is 0 Å². The summed E-state index contributed by atoms with van der Waals surface area (Å²) in [6.07, 6.45) is 1.50. The van der Waals surface area contributed by atoms with Crippen LogP contribution < -0.4 is 4.74 Å². The molecule has 0 unspecified atom stereocenters. The number of pyridine rings is 1. The summed E-state index contributed by atoms with van der Waals surface area (Å²) in [5, 5.41) is 0. The molecule has 0 aliphatic carbocycles. The highest BCUT2D eigenvalue weighted by Crippen LogP contribution is 2.22. The fraction of sp³-hybridized carbons (Fsp3) is 0.188. The summed E-state index contributed by atoms with van der Waals surface area (Å²) in [4.78, 5) is 20.4. The lowest BCUT2D eigenvalue weighted by molar-refractivity contribution is 0.0600. The molecule has 0 amide bonds. The molecule has 0 fully saturated rings. The second-order valence-corrected chi connectivity index (χ2v) is 4.75. The second-order valence-electron chi connectivity index (χ2n) is 4.75. The molecule has 3 rings (SSSR count). The third-order valence-corrected chi connectivity index (χ3v) is 3.42. The number of aryl methyl sites for hydroxylation is 1. The molecule has 22 heavy (non-hydrogen) atoms. The average molecular weight is 297 g/mol. The molecule has 0 radical (unpaired) electrons. The van der Waals surface area contributed by atoms with Crippen molar-refractivity contribution in [1.82, 2.24) is 14.5 Å². The first-order chi connectivity index (χ1) is 10.6. The SMILES string of the molecule is COC(=O)c1cnc2c(c1)nc(C)n2-c1ccc(OC)cc1. The van der Waals surface area contributed by atoms with Crippen molar-refractivity contribution in [3.05, 3.63) is 47.9 Å². The van der Waals surface area contributed by atoms with Crippen LogP contribution in [0.25, 0.3) is 16.9 Å². The fourth-order valence-electron chi connectivity index (χ4n) is 2.35. The van der Waals surface area contributed by atoms with Crippen molar-refractivity contribution in [1.29, 1.82) is 0 Å². The zero-order valence-corrected chi connectivity index (χ0v) is 12.5. The molecule has 112 valence electrons. The predicted octanol–water partition coefficient (Wildman–Crippen LogP) is 2.52. The minimum atomic E-state index is -0.425. The summed E-state index contributed by atoms with van der Waals surface area (Å²) in [5.41, 5.74) is 2.65. The number of benzene rings is 1. The first kappa shape index (κ1) is 14.1. The molecule has 0 atom stereocenters. The minimum absolute atomic E-state index is 0.384. The van der Waals surface area contributed by atoms with Crippen LogP contribution in [0.2, 0.25) is 0 Å². The number of hydrogen-bond acceptors (Lipinski definition) is 5. The molecule has 0 saturated heterocycles. The monoisotopic (exact) mass is 297 g/mol. The summed E-state index contributed by atoms with van der Waals surface area (Å²) >= 11 is 0. The van der Waals surface area contributed by atoms with E-state index in [1.165, 1.54) is 13.3 Å². The summed E-state index contributed by atoms with van der Waals surface area (Å²) in [6, 6.07) is 9.31. The van der Waals surface area contributed by atoms with E-state index in [9.17, 15) is 4.79 Å². The zero-order valence-electron chi connectivity index (χ0n) is 12.5. The molecular weight excluding hydrogens is 282 g/mol. The van der Waals surface area contributed by atoms with Crippen molar-refractivity contribution in [2.75, 3.05) is 14.2 Å². The van der Waals surface area contributed by atoms with Gasteiger partial charge in [0.2, 0.25) is 0 Å². The maximum Gasteiger partial charge on any atom is 0.339 e. The standard InChI is InChI=1S/C16H15N3O3/c1-10-18-14-8-11(16(20)22-3)9-17-15(14)19(10)12-4-6-13(21-2)7-5-12/h4-9H,1-3H3. The maximum absolute atomic E-state index is 11.6. The van der Waals surface area contributed by atoms with Gasteiger partial charge in [-0.1, -0.05) is 0 Å². The zero-order chi connectivity index (χ0) is 15.7. The molecule has 0 aliphatic rings. The van der Waals surface area contributed by atoms with Crippen molar-refractivity contribution in [3.63, 3.8) is 0 Å². The molecule has 1 aromatic carbocycles. The first-order valence-electron chi connectivity index (χ1n) is 6.72. The van der Waals surface area contributed by atoms with E-state index in [0.29, 0.717) is 16.7 Å². The van der Waals surface area contributed by atoms with Crippen molar-refractivity contribution in [3.8, 4) is 11.4 Å². The van der Waals surface area contributed by atoms with Crippen LogP contribution in [-0.4, -0.2) is 34.7 Å². The van der Waals surface area contributed by atoms with Crippen LogP contribution in [0.4, 0.5) is 0 Å². The Labute approximate surface area is 127 Å². The van der Waals surface area contributed by atoms with Gasteiger partial charge in [-0.05, 0) is 37.3 Å². The van der Waals surface area contributed by atoms with Gasteiger partial charge in [0.1, 0.15) is 17.1 Å². The number of fused-ring (bicyclic) bond motifs is 1. The van der Waals surface area contributed by atoms with E-state index in [1.807, 2.05) is 35.8 Å². The van der Waals surface area contributed by atoms with Crippen LogP contribution >= 0.6 is 0 Å². The molecule has 2 heterocycles. The quantitative estimate of drug-likeness (QED) is 0.695. The molecule has 0 bridgehead atoms. The summed E-state index contributed by atoms with van der Waals surface area (Å²) in [5.74, 6) is 1.15. The lowest BCUT2D eigenvalue weighted by atomic mass is 10.2. The number of hydrogen-bond donors (Lipinski definition) is 0. The molecular formula is C16H15N3O3. The molecule has 0 saturated carbocycles. The van der Waals surface area contributed by atoms with Crippen LogP contribution in [0.15, 0.2) is 36.5 Å². The van der Waals surface area contributed by atoms with Gasteiger partial charge in [0.15, 0.2) is 5.65 Å². The van der Waals surface area contributed by atoms with Gasteiger partial charge < -0.3 is 9.47 Å². The van der Waals surface area contributed by atoms with Gasteiger partial charge in [-0.25, -0.2) is 14.8 Å². The Bertz CT molecular complexity index is 838. The minimum Gasteiger partial charge on any atom is -0.497 e. The van der Waals surface area contributed by atoms with Gasteiger partial charge in [-0.3, -0.25) is 4.57 Å². The Kier molecular flexibility index (Phi) is 3.50. The number of carbonyl (C=O) groups excluding carboxylic acids is 1. The van der Waals surface area contributed by atoms with Gasteiger partial charge >= 0.3 is 5.97 Å². The molecule has 0 spiro atoms. The van der Waals surface area contributed by atoms with Gasteiger partial charge in [-0.2, -0.15) is 0 Å². The lowest BCUT2D eigenvalue weighted by Gasteiger charge is -2.07. The third-order valence-electron chi connectivity index (χ3n) is 3.42. The molecule has 2 aromatic heterocycles. The van der Waals surface area contributed by atoms with Crippen LogP contribution in [-0.2, 0) is 4.74 Å². The smallest absolute Gasteiger partial charge is 0.339 e. The Morgan fingerprint density at radius 3 is 2.55 bits per heavy atom.